The second-order valence-corrected chi connectivity index (χ2v) is 6.26. The molecule has 3 rings (SSSR count). The molecule has 2 aromatic carbocycles. The Balaban J connectivity index is 1.51. The molecule has 0 fully saturated rings. The number of hydrogen-bond donors (Lipinski definition) is 1. The van der Waals surface area contributed by atoms with Gasteiger partial charge in [0.2, 0.25) is 5.91 Å². The highest BCUT2D eigenvalue weighted by atomic mass is 35.5. The number of rotatable bonds is 6. The van der Waals surface area contributed by atoms with E-state index in [1.807, 2.05) is 43.3 Å². The molecule has 0 unspecified atom stereocenters. The Morgan fingerprint density at radius 1 is 1.16 bits per heavy atom. The van der Waals surface area contributed by atoms with Gasteiger partial charge in [-0.2, -0.15) is 0 Å². The average Bonchev–Trinajstić information content (AvgIpc) is 3.09. The van der Waals surface area contributed by atoms with Crippen LogP contribution >= 0.6 is 11.6 Å². The first-order chi connectivity index (χ1) is 12.1. The molecule has 1 N–H and O–H groups in total. The maximum absolute atomic E-state index is 12.0. The maximum atomic E-state index is 12.0. The highest BCUT2D eigenvalue weighted by molar-refractivity contribution is 6.30. The van der Waals surface area contributed by atoms with Gasteiger partial charge >= 0.3 is 0 Å². The van der Waals surface area contributed by atoms with Crippen LogP contribution in [0.3, 0.4) is 0 Å². The van der Waals surface area contributed by atoms with Crippen molar-refractivity contribution in [3.05, 3.63) is 76.8 Å². The Labute approximate surface area is 151 Å². The molecule has 0 aliphatic rings. The van der Waals surface area contributed by atoms with E-state index in [0.29, 0.717) is 36.1 Å². The van der Waals surface area contributed by atoms with Crippen LogP contribution in [-0.2, 0) is 17.8 Å². The van der Waals surface area contributed by atoms with Crippen LogP contribution < -0.4 is 5.32 Å². The summed E-state index contributed by atoms with van der Waals surface area (Å²) < 4.78 is 5.71. The van der Waals surface area contributed by atoms with E-state index in [4.69, 9.17) is 16.0 Å². The standard InChI is InChI=1S/C20H19ClN2O2/c1-14-4-2-3-5-16(14)12-22-19(24)10-11-20-23-13-18(25-20)15-6-8-17(21)9-7-15/h2-9,13H,10-12H2,1H3,(H,22,24). The van der Waals surface area contributed by atoms with Crippen molar-refractivity contribution in [2.75, 3.05) is 0 Å². The van der Waals surface area contributed by atoms with Crippen molar-refractivity contribution in [1.82, 2.24) is 10.3 Å². The lowest BCUT2D eigenvalue weighted by molar-refractivity contribution is -0.121. The predicted octanol–water partition coefficient (Wildman–Crippen LogP) is 4.55. The third kappa shape index (κ3) is 4.70. The molecule has 1 aromatic heterocycles. The number of aryl methyl sites for hydroxylation is 2. The fourth-order valence-corrected chi connectivity index (χ4v) is 2.61. The molecular formula is C20H19ClN2O2. The molecule has 0 saturated carbocycles. The van der Waals surface area contributed by atoms with Crippen LogP contribution in [0.25, 0.3) is 11.3 Å². The summed E-state index contributed by atoms with van der Waals surface area (Å²) in [6.45, 7) is 2.57. The summed E-state index contributed by atoms with van der Waals surface area (Å²) in [4.78, 5) is 16.3. The van der Waals surface area contributed by atoms with Gasteiger partial charge in [-0.15, -0.1) is 0 Å². The third-order valence-electron chi connectivity index (χ3n) is 3.99. The number of aromatic nitrogens is 1. The van der Waals surface area contributed by atoms with Gasteiger partial charge in [0, 0.05) is 30.0 Å². The van der Waals surface area contributed by atoms with Gasteiger partial charge in [0.05, 0.1) is 6.20 Å². The van der Waals surface area contributed by atoms with Gasteiger partial charge in [-0.25, -0.2) is 4.98 Å². The molecule has 0 aliphatic carbocycles. The van der Waals surface area contributed by atoms with Crippen LogP contribution in [0.1, 0.15) is 23.4 Å². The minimum atomic E-state index is -0.0190. The number of nitrogens with one attached hydrogen (secondary N) is 1. The lowest BCUT2D eigenvalue weighted by atomic mass is 10.1. The second kappa shape index (κ2) is 7.99. The van der Waals surface area contributed by atoms with E-state index in [-0.39, 0.29) is 5.91 Å². The molecule has 0 radical (unpaired) electrons. The monoisotopic (exact) mass is 354 g/mol. The molecular weight excluding hydrogens is 336 g/mol. The lowest BCUT2D eigenvalue weighted by Crippen LogP contribution is -2.23. The van der Waals surface area contributed by atoms with E-state index in [1.54, 1.807) is 18.3 Å². The molecule has 3 aromatic rings. The van der Waals surface area contributed by atoms with Crippen molar-refractivity contribution in [2.24, 2.45) is 0 Å². The van der Waals surface area contributed by atoms with Crippen LogP contribution in [-0.4, -0.2) is 10.9 Å². The van der Waals surface area contributed by atoms with Crippen LogP contribution in [0, 0.1) is 6.92 Å². The van der Waals surface area contributed by atoms with Gasteiger partial charge in [0.1, 0.15) is 0 Å². The van der Waals surface area contributed by atoms with E-state index in [2.05, 4.69) is 10.3 Å². The zero-order chi connectivity index (χ0) is 17.6. The van der Waals surface area contributed by atoms with Gasteiger partial charge < -0.3 is 9.73 Å². The minimum absolute atomic E-state index is 0.0190. The number of oxazole rings is 1. The first kappa shape index (κ1) is 17.2. The molecule has 0 saturated heterocycles. The van der Waals surface area contributed by atoms with E-state index >= 15 is 0 Å². The van der Waals surface area contributed by atoms with Gasteiger partial charge in [-0.05, 0) is 42.3 Å². The van der Waals surface area contributed by atoms with Crippen molar-refractivity contribution >= 4 is 17.5 Å². The van der Waals surface area contributed by atoms with Crippen molar-refractivity contribution in [1.29, 1.82) is 0 Å². The molecule has 128 valence electrons. The van der Waals surface area contributed by atoms with Gasteiger partial charge in [-0.1, -0.05) is 35.9 Å². The summed E-state index contributed by atoms with van der Waals surface area (Å²) in [5.41, 5.74) is 3.20. The summed E-state index contributed by atoms with van der Waals surface area (Å²) in [5.74, 6) is 1.21. The molecule has 5 heteroatoms. The summed E-state index contributed by atoms with van der Waals surface area (Å²) in [6.07, 6.45) is 2.48. The lowest BCUT2D eigenvalue weighted by Gasteiger charge is -2.07. The van der Waals surface area contributed by atoms with Crippen LogP contribution in [0.15, 0.2) is 59.1 Å². The number of carbonyl (C=O) groups excluding carboxylic acids is 1. The van der Waals surface area contributed by atoms with Crippen molar-refractivity contribution < 1.29 is 9.21 Å². The fraction of sp³-hybridized carbons (Fsp3) is 0.200. The molecule has 1 heterocycles. The Bertz CT molecular complexity index is 856. The Kier molecular flexibility index (Phi) is 5.51. The number of hydrogen-bond acceptors (Lipinski definition) is 3. The van der Waals surface area contributed by atoms with Gasteiger partial charge in [-0.3, -0.25) is 4.79 Å². The zero-order valence-corrected chi connectivity index (χ0v) is 14.7. The van der Waals surface area contributed by atoms with E-state index < -0.39 is 0 Å². The zero-order valence-electron chi connectivity index (χ0n) is 14.0. The summed E-state index contributed by atoms with van der Waals surface area (Å²) >= 11 is 5.88. The first-order valence-corrected chi connectivity index (χ1v) is 8.51. The quantitative estimate of drug-likeness (QED) is 0.706. The first-order valence-electron chi connectivity index (χ1n) is 8.13. The Morgan fingerprint density at radius 3 is 2.68 bits per heavy atom. The molecule has 1 amide bonds. The van der Waals surface area contributed by atoms with Crippen LogP contribution in [0.4, 0.5) is 0 Å². The van der Waals surface area contributed by atoms with E-state index in [9.17, 15) is 4.79 Å². The highest BCUT2D eigenvalue weighted by Crippen LogP contribution is 2.22. The van der Waals surface area contributed by atoms with E-state index in [1.165, 1.54) is 5.56 Å². The minimum Gasteiger partial charge on any atom is -0.441 e. The van der Waals surface area contributed by atoms with Gasteiger partial charge in [0.15, 0.2) is 11.7 Å². The highest BCUT2D eigenvalue weighted by Gasteiger charge is 2.09. The van der Waals surface area contributed by atoms with Gasteiger partial charge in [0.25, 0.3) is 0 Å². The average molecular weight is 355 g/mol. The van der Waals surface area contributed by atoms with Crippen molar-refractivity contribution in [3.8, 4) is 11.3 Å². The maximum Gasteiger partial charge on any atom is 0.220 e. The number of nitrogens with zero attached hydrogens (tertiary/aromatic N) is 1. The van der Waals surface area contributed by atoms with Crippen molar-refractivity contribution in [3.63, 3.8) is 0 Å². The third-order valence-corrected chi connectivity index (χ3v) is 4.24. The largest absolute Gasteiger partial charge is 0.441 e. The summed E-state index contributed by atoms with van der Waals surface area (Å²) in [5, 5.41) is 3.61. The topological polar surface area (TPSA) is 55.1 Å². The molecule has 0 atom stereocenters. The molecule has 0 spiro atoms. The summed E-state index contributed by atoms with van der Waals surface area (Å²) in [7, 11) is 0. The van der Waals surface area contributed by atoms with Crippen LogP contribution in [0.2, 0.25) is 5.02 Å². The Hall–Kier alpha value is -2.59. The molecule has 0 aliphatic heterocycles. The number of halogens is 1. The number of benzene rings is 2. The number of amides is 1. The SMILES string of the molecule is Cc1ccccc1CNC(=O)CCc1ncc(-c2ccc(Cl)cc2)o1. The van der Waals surface area contributed by atoms with E-state index in [0.717, 1.165) is 11.1 Å². The summed E-state index contributed by atoms with van der Waals surface area (Å²) in [6, 6.07) is 15.4. The number of carbonyl (C=O) groups is 1. The molecule has 4 nitrogen and oxygen atoms in total. The fourth-order valence-electron chi connectivity index (χ4n) is 2.48. The van der Waals surface area contributed by atoms with Crippen molar-refractivity contribution in [2.45, 2.75) is 26.3 Å². The smallest absolute Gasteiger partial charge is 0.220 e. The molecule has 25 heavy (non-hydrogen) atoms. The normalized spacial score (nSPS) is 10.6. The molecule has 0 bridgehead atoms. The Morgan fingerprint density at radius 2 is 1.92 bits per heavy atom. The second-order valence-electron chi connectivity index (χ2n) is 5.83. The van der Waals surface area contributed by atoms with Crippen LogP contribution in [0.5, 0.6) is 0 Å². The predicted molar refractivity (Wildman–Crippen MR) is 98.3 cm³/mol.